The predicted octanol–water partition coefficient (Wildman–Crippen LogP) is 3.84. The molecule has 1 aliphatic heterocycles. The molecule has 2 heterocycles. The van der Waals surface area contributed by atoms with E-state index in [4.69, 9.17) is 15.9 Å². The molecule has 3 aromatic rings. The highest BCUT2D eigenvalue weighted by atomic mass is 16.5. The highest BCUT2D eigenvalue weighted by Gasteiger charge is 2.18. The van der Waals surface area contributed by atoms with Gasteiger partial charge in [-0.2, -0.15) is 0 Å². The number of hydrogen-bond acceptors (Lipinski definition) is 6. The van der Waals surface area contributed by atoms with Crippen molar-refractivity contribution >= 4 is 11.4 Å². The Labute approximate surface area is 189 Å². The van der Waals surface area contributed by atoms with Gasteiger partial charge in [0.15, 0.2) is 0 Å². The molecular weight excluding hydrogens is 398 g/mol. The molecule has 1 fully saturated rings. The highest BCUT2D eigenvalue weighted by Crippen LogP contribution is 2.23. The third-order valence-corrected chi connectivity index (χ3v) is 5.86. The van der Waals surface area contributed by atoms with Crippen molar-refractivity contribution < 1.29 is 4.74 Å². The lowest BCUT2D eigenvalue weighted by Gasteiger charge is -2.29. The van der Waals surface area contributed by atoms with Crippen LogP contribution in [0.2, 0.25) is 0 Å². The lowest BCUT2D eigenvalue weighted by atomic mass is 9.98. The van der Waals surface area contributed by atoms with Crippen LogP contribution in [0, 0.1) is 5.41 Å². The minimum atomic E-state index is 0.266. The Morgan fingerprint density at radius 1 is 1.09 bits per heavy atom. The zero-order valence-electron chi connectivity index (χ0n) is 18.6. The van der Waals surface area contributed by atoms with E-state index in [0.717, 1.165) is 54.1 Å². The van der Waals surface area contributed by atoms with E-state index < -0.39 is 0 Å². The molecule has 0 atom stereocenters. The van der Waals surface area contributed by atoms with Crippen LogP contribution < -0.4 is 15.8 Å². The normalized spacial score (nSPS) is 14.9. The number of nitrogens with one attached hydrogen (secondary N) is 2. The molecule has 0 unspecified atom stereocenters. The molecule has 1 saturated heterocycles. The molecule has 166 valence electrons. The Morgan fingerprint density at radius 3 is 2.59 bits per heavy atom. The molecule has 2 aromatic carbocycles. The van der Waals surface area contributed by atoms with E-state index in [2.05, 4.69) is 22.2 Å². The van der Waals surface area contributed by atoms with Crippen molar-refractivity contribution in [3.05, 3.63) is 89.2 Å². The average molecular weight is 430 g/mol. The van der Waals surface area contributed by atoms with Crippen LogP contribution >= 0.6 is 0 Å². The SMILES string of the molecule is CN1CCC(Oc2ccc(C(=N)c3cc(CNCc4ccccn4)ccc3N)cc2)CC1. The topological polar surface area (TPSA) is 87.3 Å². The van der Waals surface area contributed by atoms with Crippen LogP contribution in [0.5, 0.6) is 5.75 Å². The molecule has 0 amide bonds. The quantitative estimate of drug-likeness (QED) is 0.374. The minimum absolute atomic E-state index is 0.266. The van der Waals surface area contributed by atoms with E-state index in [9.17, 15) is 0 Å². The van der Waals surface area contributed by atoms with Crippen molar-refractivity contribution in [1.29, 1.82) is 5.41 Å². The zero-order chi connectivity index (χ0) is 22.3. The Hall–Kier alpha value is -3.22. The number of piperidine rings is 1. The number of anilines is 1. The molecular formula is C26H31N5O. The first-order chi connectivity index (χ1) is 15.6. The van der Waals surface area contributed by atoms with Gasteiger partial charge in [-0.05, 0) is 74.0 Å². The average Bonchev–Trinajstić information content (AvgIpc) is 2.82. The van der Waals surface area contributed by atoms with Crippen molar-refractivity contribution in [3.8, 4) is 5.75 Å². The van der Waals surface area contributed by atoms with Gasteiger partial charge < -0.3 is 20.7 Å². The Balaban J connectivity index is 1.38. The maximum absolute atomic E-state index is 8.71. The maximum atomic E-state index is 8.71. The van der Waals surface area contributed by atoms with Gasteiger partial charge in [0, 0.05) is 49.2 Å². The number of pyridine rings is 1. The van der Waals surface area contributed by atoms with E-state index in [1.54, 1.807) is 6.20 Å². The minimum Gasteiger partial charge on any atom is -0.490 e. The summed E-state index contributed by atoms with van der Waals surface area (Å²) in [6, 6.07) is 19.5. The molecule has 1 aromatic heterocycles. The molecule has 0 spiro atoms. The summed E-state index contributed by atoms with van der Waals surface area (Å²) in [7, 11) is 2.15. The van der Waals surface area contributed by atoms with E-state index in [1.165, 1.54) is 0 Å². The third kappa shape index (κ3) is 5.72. The van der Waals surface area contributed by atoms with E-state index >= 15 is 0 Å². The summed E-state index contributed by atoms with van der Waals surface area (Å²) in [4.78, 5) is 6.66. The molecule has 0 bridgehead atoms. The standard InChI is InChI=1S/C26H31N5O/c1-31-14-11-23(12-15-31)32-22-8-6-20(7-9-22)26(28)24-16-19(5-10-25(24)27)17-29-18-21-4-2-3-13-30-21/h2-10,13,16,23,28-29H,11-12,14-15,17-18,27H2,1H3. The first-order valence-electron chi connectivity index (χ1n) is 11.1. The number of nitrogens with zero attached hydrogens (tertiary/aromatic N) is 2. The van der Waals surface area contributed by atoms with Gasteiger partial charge in [0.05, 0.1) is 11.4 Å². The van der Waals surface area contributed by atoms with Gasteiger partial charge in [-0.25, -0.2) is 0 Å². The summed E-state index contributed by atoms with van der Waals surface area (Å²) in [6.45, 7) is 3.51. The number of nitrogen functional groups attached to an aromatic ring is 1. The van der Waals surface area contributed by atoms with Gasteiger partial charge in [-0.1, -0.05) is 12.1 Å². The highest BCUT2D eigenvalue weighted by molar-refractivity contribution is 6.13. The number of likely N-dealkylation sites (tertiary alicyclic amines) is 1. The second kappa shape index (κ2) is 10.4. The monoisotopic (exact) mass is 429 g/mol. The number of ether oxygens (including phenoxy) is 1. The van der Waals surface area contributed by atoms with Gasteiger partial charge in [0.2, 0.25) is 0 Å². The summed E-state index contributed by atoms with van der Waals surface area (Å²) >= 11 is 0. The molecule has 0 radical (unpaired) electrons. The van der Waals surface area contributed by atoms with Gasteiger partial charge in [0.25, 0.3) is 0 Å². The van der Waals surface area contributed by atoms with Crippen molar-refractivity contribution in [3.63, 3.8) is 0 Å². The molecule has 6 nitrogen and oxygen atoms in total. The summed E-state index contributed by atoms with van der Waals surface area (Å²) < 4.78 is 6.13. The van der Waals surface area contributed by atoms with Gasteiger partial charge in [-0.3, -0.25) is 10.4 Å². The Bertz CT molecular complexity index is 1030. The van der Waals surface area contributed by atoms with Crippen molar-refractivity contribution in [2.75, 3.05) is 25.9 Å². The molecule has 4 N–H and O–H groups in total. The molecule has 6 heteroatoms. The van der Waals surface area contributed by atoms with E-state index in [1.807, 2.05) is 60.7 Å². The van der Waals surface area contributed by atoms with E-state index in [-0.39, 0.29) is 6.10 Å². The third-order valence-electron chi connectivity index (χ3n) is 5.86. The molecule has 32 heavy (non-hydrogen) atoms. The fraction of sp³-hybridized carbons (Fsp3) is 0.308. The van der Waals surface area contributed by atoms with Crippen molar-refractivity contribution in [2.24, 2.45) is 0 Å². The number of nitrogens with two attached hydrogens (primary N) is 1. The summed E-state index contributed by atoms with van der Waals surface area (Å²) in [5, 5.41) is 12.1. The largest absolute Gasteiger partial charge is 0.490 e. The smallest absolute Gasteiger partial charge is 0.119 e. The molecule has 1 aliphatic rings. The lowest BCUT2D eigenvalue weighted by molar-refractivity contribution is 0.114. The van der Waals surface area contributed by atoms with Crippen molar-refractivity contribution in [2.45, 2.75) is 32.0 Å². The fourth-order valence-corrected chi connectivity index (χ4v) is 3.92. The number of rotatable bonds is 8. The van der Waals surface area contributed by atoms with Crippen LogP contribution in [0.1, 0.15) is 35.2 Å². The second-order valence-corrected chi connectivity index (χ2v) is 8.37. The van der Waals surface area contributed by atoms with Crippen LogP contribution in [-0.2, 0) is 13.1 Å². The summed E-state index contributed by atoms with van der Waals surface area (Å²) in [6.07, 6.45) is 4.16. The van der Waals surface area contributed by atoms with Crippen LogP contribution in [0.3, 0.4) is 0 Å². The molecule has 4 rings (SSSR count). The second-order valence-electron chi connectivity index (χ2n) is 8.37. The van der Waals surface area contributed by atoms with Gasteiger partial charge >= 0.3 is 0 Å². The Kier molecular flexibility index (Phi) is 7.14. The van der Waals surface area contributed by atoms with Crippen LogP contribution in [-0.4, -0.2) is 41.8 Å². The lowest BCUT2D eigenvalue weighted by Crippen LogP contribution is -2.35. The maximum Gasteiger partial charge on any atom is 0.119 e. The van der Waals surface area contributed by atoms with Crippen molar-refractivity contribution in [1.82, 2.24) is 15.2 Å². The van der Waals surface area contributed by atoms with E-state index in [0.29, 0.717) is 24.5 Å². The number of hydrogen-bond donors (Lipinski definition) is 3. The number of benzene rings is 2. The van der Waals surface area contributed by atoms with Crippen LogP contribution in [0.25, 0.3) is 0 Å². The predicted molar refractivity (Wildman–Crippen MR) is 129 cm³/mol. The fourth-order valence-electron chi connectivity index (χ4n) is 3.92. The van der Waals surface area contributed by atoms with Crippen LogP contribution in [0.15, 0.2) is 66.9 Å². The molecule has 0 aliphatic carbocycles. The summed E-state index contributed by atoms with van der Waals surface area (Å²) in [5.41, 5.74) is 10.9. The number of aromatic nitrogens is 1. The first-order valence-corrected chi connectivity index (χ1v) is 11.1. The molecule has 0 saturated carbocycles. The zero-order valence-corrected chi connectivity index (χ0v) is 18.6. The summed E-state index contributed by atoms with van der Waals surface area (Å²) in [5.74, 6) is 0.858. The van der Waals surface area contributed by atoms with Crippen LogP contribution in [0.4, 0.5) is 5.69 Å². The first kappa shape index (κ1) is 22.0. The van der Waals surface area contributed by atoms with Gasteiger partial charge in [-0.15, -0.1) is 0 Å². The Morgan fingerprint density at radius 2 is 1.88 bits per heavy atom. The van der Waals surface area contributed by atoms with Gasteiger partial charge in [0.1, 0.15) is 11.9 Å².